The van der Waals surface area contributed by atoms with Gasteiger partial charge in [-0.05, 0) is 49.6 Å². The van der Waals surface area contributed by atoms with E-state index in [1.165, 1.54) is 6.07 Å². The minimum absolute atomic E-state index is 0. The van der Waals surface area contributed by atoms with Gasteiger partial charge in [-0.25, -0.2) is 14.4 Å². The van der Waals surface area contributed by atoms with Gasteiger partial charge in [-0.1, -0.05) is 12.1 Å². The minimum atomic E-state index is -0.164. The quantitative estimate of drug-likeness (QED) is 0.227. The molecule has 0 atom stereocenters. The lowest BCUT2D eigenvalue weighted by molar-refractivity contribution is 0.254. The Morgan fingerprint density at radius 2 is 1.84 bits per heavy atom. The standard InChI is InChI=1S/C23H32FN7.HI/c1-25-21(29-18-23(7-8-23)19-5-2-6-20(24)17-19)26-11-4-12-30-13-15-31(16-14-30)22-27-9-3-10-28-22;/h2-3,5-6,9-10,17H,4,7-8,11-16,18H2,1H3,(H2,25,26,29);1H. The van der Waals surface area contributed by atoms with E-state index in [1.807, 2.05) is 12.1 Å². The third-order valence-corrected chi connectivity index (χ3v) is 6.26. The summed E-state index contributed by atoms with van der Waals surface area (Å²) in [7, 11) is 1.79. The van der Waals surface area contributed by atoms with Gasteiger partial charge < -0.3 is 15.5 Å². The number of aliphatic imine (C=N–C) groups is 1. The van der Waals surface area contributed by atoms with Crippen LogP contribution in [0, 0.1) is 5.82 Å². The summed E-state index contributed by atoms with van der Waals surface area (Å²) in [6.07, 6.45) is 6.81. The van der Waals surface area contributed by atoms with Crippen molar-refractivity contribution in [3.8, 4) is 0 Å². The zero-order valence-corrected chi connectivity index (χ0v) is 21.0. The van der Waals surface area contributed by atoms with Crippen LogP contribution in [0.25, 0.3) is 0 Å². The second-order valence-electron chi connectivity index (χ2n) is 8.37. The van der Waals surface area contributed by atoms with Crippen LogP contribution in [0.15, 0.2) is 47.7 Å². The van der Waals surface area contributed by atoms with Crippen LogP contribution in [0.2, 0.25) is 0 Å². The first-order chi connectivity index (χ1) is 15.2. The van der Waals surface area contributed by atoms with Gasteiger partial charge in [0.1, 0.15) is 5.82 Å². The molecular weight excluding hydrogens is 520 g/mol. The summed E-state index contributed by atoms with van der Waals surface area (Å²) >= 11 is 0. The molecule has 1 aromatic carbocycles. The van der Waals surface area contributed by atoms with Gasteiger partial charge >= 0.3 is 0 Å². The molecule has 2 heterocycles. The second-order valence-corrected chi connectivity index (χ2v) is 8.37. The summed E-state index contributed by atoms with van der Waals surface area (Å²) in [5.41, 5.74) is 1.12. The largest absolute Gasteiger partial charge is 0.356 e. The van der Waals surface area contributed by atoms with Crippen LogP contribution in [-0.4, -0.2) is 73.7 Å². The molecule has 0 bridgehead atoms. The number of guanidine groups is 1. The van der Waals surface area contributed by atoms with E-state index in [0.29, 0.717) is 0 Å². The molecule has 7 nitrogen and oxygen atoms in total. The monoisotopic (exact) mass is 553 g/mol. The highest BCUT2D eigenvalue weighted by atomic mass is 127. The topological polar surface area (TPSA) is 68.7 Å². The predicted molar refractivity (Wildman–Crippen MR) is 137 cm³/mol. The number of rotatable bonds is 8. The van der Waals surface area contributed by atoms with Crippen LogP contribution in [0.5, 0.6) is 0 Å². The highest BCUT2D eigenvalue weighted by Gasteiger charge is 2.44. The molecule has 2 N–H and O–H groups in total. The molecular formula is C23H33FIN7. The van der Waals surface area contributed by atoms with Crippen LogP contribution < -0.4 is 15.5 Å². The summed E-state index contributed by atoms with van der Waals surface area (Å²) in [6, 6.07) is 8.83. The fourth-order valence-electron chi connectivity index (χ4n) is 4.15. The molecule has 1 aliphatic carbocycles. The number of piperazine rings is 1. The van der Waals surface area contributed by atoms with E-state index in [1.54, 1.807) is 31.6 Å². The lowest BCUT2D eigenvalue weighted by Crippen LogP contribution is -2.48. The second kappa shape index (κ2) is 11.7. The molecule has 2 fully saturated rings. The van der Waals surface area contributed by atoms with E-state index in [0.717, 1.165) is 82.5 Å². The summed E-state index contributed by atoms with van der Waals surface area (Å²) in [5.74, 6) is 1.47. The molecule has 4 rings (SSSR count). The van der Waals surface area contributed by atoms with E-state index >= 15 is 0 Å². The van der Waals surface area contributed by atoms with Crippen molar-refractivity contribution in [3.05, 3.63) is 54.1 Å². The third-order valence-electron chi connectivity index (χ3n) is 6.26. The summed E-state index contributed by atoms with van der Waals surface area (Å²) in [6.45, 7) is 6.68. The normalized spacial score (nSPS) is 18.1. The lowest BCUT2D eigenvalue weighted by Gasteiger charge is -2.34. The average molecular weight is 553 g/mol. The fraction of sp³-hybridized carbons (Fsp3) is 0.522. The molecule has 0 radical (unpaired) electrons. The van der Waals surface area contributed by atoms with Crippen LogP contribution in [0.1, 0.15) is 24.8 Å². The Bertz CT molecular complexity index is 868. The number of hydrogen-bond donors (Lipinski definition) is 2. The molecule has 0 amide bonds. The Balaban J connectivity index is 0.00000289. The van der Waals surface area contributed by atoms with Crippen molar-refractivity contribution in [1.82, 2.24) is 25.5 Å². The number of nitrogens with one attached hydrogen (secondary N) is 2. The molecule has 0 spiro atoms. The Labute approximate surface area is 206 Å². The SMILES string of the molecule is CN=C(NCCCN1CCN(c2ncccn2)CC1)NCC1(c2cccc(F)c2)CC1.I. The number of aromatic nitrogens is 2. The first kappa shape index (κ1) is 24.6. The van der Waals surface area contributed by atoms with E-state index < -0.39 is 0 Å². The Kier molecular flexibility index (Phi) is 9.03. The van der Waals surface area contributed by atoms with Crippen molar-refractivity contribution in [2.75, 3.05) is 57.8 Å². The highest BCUT2D eigenvalue weighted by Crippen LogP contribution is 2.47. The first-order valence-corrected chi connectivity index (χ1v) is 11.1. The third kappa shape index (κ3) is 6.50. The molecule has 1 aliphatic heterocycles. The van der Waals surface area contributed by atoms with Crippen LogP contribution >= 0.6 is 24.0 Å². The Hall–Kier alpha value is -2.01. The molecule has 2 aliphatic rings. The fourth-order valence-corrected chi connectivity index (χ4v) is 4.15. The van der Waals surface area contributed by atoms with Gasteiger partial charge in [0.2, 0.25) is 5.95 Å². The smallest absolute Gasteiger partial charge is 0.225 e. The maximum Gasteiger partial charge on any atom is 0.225 e. The Morgan fingerprint density at radius 3 is 2.50 bits per heavy atom. The lowest BCUT2D eigenvalue weighted by atomic mass is 9.96. The van der Waals surface area contributed by atoms with E-state index in [4.69, 9.17) is 0 Å². The van der Waals surface area contributed by atoms with Gasteiger partial charge in [-0.3, -0.25) is 9.89 Å². The van der Waals surface area contributed by atoms with E-state index in [-0.39, 0.29) is 35.2 Å². The van der Waals surface area contributed by atoms with Crippen molar-refractivity contribution < 1.29 is 4.39 Å². The molecule has 2 aromatic rings. The molecule has 32 heavy (non-hydrogen) atoms. The number of halogens is 2. The average Bonchev–Trinajstić information content (AvgIpc) is 3.61. The molecule has 1 aromatic heterocycles. The maximum atomic E-state index is 13.6. The van der Waals surface area contributed by atoms with Crippen molar-refractivity contribution in [1.29, 1.82) is 0 Å². The minimum Gasteiger partial charge on any atom is -0.356 e. The molecule has 1 saturated carbocycles. The Morgan fingerprint density at radius 1 is 1.09 bits per heavy atom. The molecule has 0 unspecified atom stereocenters. The van der Waals surface area contributed by atoms with E-state index in [9.17, 15) is 4.39 Å². The van der Waals surface area contributed by atoms with Crippen LogP contribution in [-0.2, 0) is 5.41 Å². The van der Waals surface area contributed by atoms with Crippen molar-refractivity contribution in [2.24, 2.45) is 4.99 Å². The summed E-state index contributed by atoms with van der Waals surface area (Å²) < 4.78 is 13.6. The number of nitrogens with zero attached hydrogens (tertiary/aromatic N) is 5. The van der Waals surface area contributed by atoms with Crippen molar-refractivity contribution in [2.45, 2.75) is 24.7 Å². The van der Waals surface area contributed by atoms with Crippen molar-refractivity contribution >= 4 is 35.9 Å². The zero-order chi connectivity index (χ0) is 21.5. The zero-order valence-electron chi connectivity index (χ0n) is 18.6. The number of hydrogen-bond acceptors (Lipinski definition) is 5. The van der Waals surface area contributed by atoms with Gasteiger partial charge in [-0.15, -0.1) is 24.0 Å². The molecule has 9 heteroatoms. The number of benzene rings is 1. The molecule has 1 saturated heterocycles. The van der Waals surface area contributed by atoms with E-state index in [2.05, 4.69) is 35.4 Å². The number of anilines is 1. The molecule has 174 valence electrons. The van der Waals surface area contributed by atoms with Crippen LogP contribution in [0.3, 0.4) is 0 Å². The van der Waals surface area contributed by atoms with Gasteiger partial charge in [0, 0.05) is 64.1 Å². The first-order valence-electron chi connectivity index (χ1n) is 11.1. The van der Waals surface area contributed by atoms with Crippen LogP contribution in [0.4, 0.5) is 10.3 Å². The van der Waals surface area contributed by atoms with Gasteiger partial charge in [-0.2, -0.15) is 0 Å². The summed E-state index contributed by atoms with van der Waals surface area (Å²) in [5, 5.41) is 6.85. The van der Waals surface area contributed by atoms with Crippen molar-refractivity contribution in [3.63, 3.8) is 0 Å². The predicted octanol–water partition coefficient (Wildman–Crippen LogP) is 2.64. The highest BCUT2D eigenvalue weighted by molar-refractivity contribution is 14.0. The van der Waals surface area contributed by atoms with Gasteiger partial charge in [0.15, 0.2) is 5.96 Å². The van der Waals surface area contributed by atoms with Gasteiger partial charge in [0.05, 0.1) is 0 Å². The summed E-state index contributed by atoms with van der Waals surface area (Å²) in [4.78, 5) is 17.8. The maximum absolute atomic E-state index is 13.6. The van der Waals surface area contributed by atoms with Gasteiger partial charge in [0.25, 0.3) is 0 Å².